The molecule has 4 rings (SSSR count). The SMILES string of the molecule is Cc1ccc(C(=O)NC2CCN(c3cc(-c4ccc(Cl)cc4)[nH]n3)CC2)cc1F. The molecule has 7 heteroatoms. The van der Waals surface area contributed by atoms with E-state index in [1.54, 1.807) is 19.1 Å². The van der Waals surface area contributed by atoms with Crippen LogP contribution in [0.4, 0.5) is 10.2 Å². The highest BCUT2D eigenvalue weighted by Gasteiger charge is 2.23. The van der Waals surface area contributed by atoms with Gasteiger partial charge >= 0.3 is 0 Å². The van der Waals surface area contributed by atoms with Gasteiger partial charge in [-0.1, -0.05) is 29.8 Å². The average molecular weight is 413 g/mol. The van der Waals surface area contributed by atoms with Gasteiger partial charge in [0.1, 0.15) is 5.82 Å². The van der Waals surface area contributed by atoms with E-state index in [1.165, 1.54) is 6.07 Å². The second-order valence-electron chi connectivity index (χ2n) is 7.35. The van der Waals surface area contributed by atoms with Gasteiger partial charge in [-0.15, -0.1) is 0 Å². The summed E-state index contributed by atoms with van der Waals surface area (Å²) in [6, 6.07) is 14.3. The summed E-state index contributed by atoms with van der Waals surface area (Å²) in [5, 5.41) is 11.2. The fourth-order valence-electron chi connectivity index (χ4n) is 3.51. The number of aromatic amines is 1. The highest BCUT2D eigenvalue weighted by atomic mass is 35.5. The van der Waals surface area contributed by atoms with Crippen molar-refractivity contribution in [2.75, 3.05) is 18.0 Å². The molecule has 0 radical (unpaired) electrons. The van der Waals surface area contributed by atoms with Crippen LogP contribution < -0.4 is 10.2 Å². The number of hydrogen-bond acceptors (Lipinski definition) is 3. The molecule has 1 aliphatic heterocycles. The number of rotatable bonds is 4. The largest absolute Gasteiger partial charge is 0.355 e. The third-order valence-electron chi connectivity index (χ3n) is 5.31. The highest BCUT2D eigenvalue weighted by Crippen LogP contribution is 2.25. The second kappa shape index (κ2) is 8.25. The molecule has 1 aliphatic rings. The Bertz CT molecular complexity index is 1010. The first-order valence-corrected chi connectivity index (χ1v) is 10.0. The number of amides is 1. The zero-order chi connectivity index (χ0) is 20.4. The first kappa shape index (κ1) is 19.5. The van der Waals surface area contributed by atoms with Crippen LogP contribution in [0.15, 0.2) is 48.5 Å². The molecule has 0 spiro atoms. The van der Waals surface area contributed by atoms with E-state index in [4.69, 9.17) is 11.6 Å². The molecular weight excluding hydrogens is 391 g/mol. The monoisotopic (exact) mass is 412 g/mol. The Hall–Kier alpha value is -2.86. The lowest BCUT2D eigenvalue weighted by molar-refractivity contribution is 0.0930. The minimum atomic E-state index is -0.359. The Morgan fingerprint density at radius 3 is 2.59 bits per heavy atom. The maximum atomic E-state index is 13.7. The van der Waals surface area contributed by atoms with Gasteiger partial charge in [0.15, 0.2) is 5.82 Å². The van der Waals surface area contributed by atoms with Crippen LogP contribution in [-0.2, 0) is 0 Å². The summed E-state index contributed by atoms with van der Waals surface area (Å²) >= 11 is 5.95. The topological polar surface area (TPSA) is 61.0 Å². The predicted octanol–water partition coefficient (Wildman–Crippen LogP) is 4.58. The summed E-state index contributed by atoms with van der Waals surface area (Å²) in [4.78, 5) is 14.6. The van der Waals surface area contributed by atoms with Gasteiger partial charge in [0.05, 0.1) is 5.69 Å². The third kappa shape index (κ3) is 4.43. The molecular formula is C22H22ClFN4O. The first-order chi connectivity index (χ1) is 14.0. The van der Waals surface area contributed by atoms with Crippen LogP contribution >= 0.6 is 11.6 Å². The number of aromatic nitrogens is 2. The van der Waals surface area contributed by atoms with Crippen molar-refractivity contribution in [2.24, 2.45) is 0 Å². The van der Waals surface area contributed by atoms with Crippen molar-refractivity contribution in [1.82, 2.24) is 15.5 Å². The second-order valence-corrected chi connectivity index (χ2v) is 7.78. The molecule has 3 aromatic rings. The Kier molecular flexibility index (Phi) is 5.53. The number of piperidine rings is 1. The zero-order valence-electron chi connectivity index (χ0n) is 16.1. The van der Waals surface area contributed by atoms with Crippen LogP contribution in [0.5, 0.6) is 0 Å². The number of hydrogen-bond donors (Lipinski definition) is 2. The number of anilines is 1. The Balaban J connectivity index is 1.34. The molecule has 1 fully saturated rings. The molecule has 29 heavy (non-hydrogen) atoms. The van der Waals surface area contributed by atoms with Crippen LogP contribution in [0.3, 0.4) is 0 Å². The molecule has 0 atom stereocenters. The molecule has 5 nitrogen and oxygen atoms in total. The van der Waals surface area contributed by atoms with Crippen LogP contribution in [0.1, 0.15) is 28.8 Å². The number of carbonyl (C=O) groups is 1. The van der Waals surface area contributed by atoms with Gasteiger partial charge in [-0.05, 0) is 55.2 Å². The Morgan fingerprint density at radius 1 is 1.17 bits per heavy atom. The van der Waals surface area contributed by atoms with Crippen LogP contribution in [0, 0.1) is 12.7 Å². The van der Waals surface area contributed by atoms with Gasteiger partial charge in [0.2, 0.25) is 0 Å². The van der Waals surface area contributed by atoms with Crippen molar-refractivity contribution in [3.05, 3.63) is 70.5 Å². The molecule has 0 saturated carbocycles. The minimum Gasteiger partial charge on any atom is -0.355 e. The van der Waals surface area contributed by atoms with Crippen LogP contribution in [0.25, 0.3) is 11.3 Å². The number of nitrogens with one attached hydrogen (secondary N) is 2. The Labute approximate surface area is 173 Å². The standard InChI is InChI=1S/C22H22ClFN4O/c1-14-2-3-16(12-19(14)24)22(29)25-18-8-10-28(11-9-18)21-13-20(26-27-21)15-4-6-17(23)7-5-15/h2-7,12-13,18H,8-11H2,1H3,(H,25,29)(H,26,27). The summed E-state index contributed by atoms with van der Waals surface area (Å²) in [6.45, 7) is 3.26. The zero-order valence-corrected chi connectivity index (χ0v) is 16.8. The lowest BCUT2D eigenvalue weighted by Crippen LogP contribution is -2.44. The van der Waals surface area contributed by atoms with Crippen molar-refractivity contribution in [1.29, 1.82) is 0 Å². The maximum Gasteiger partial charge on any atom is 0.251 e. The maximum absolute atomic E-state index is 13.7. The van der Waals surface area contributed by atoms with E-state index in [2.05, 4.69) is 20.4 Å². The molecule has 0 bridgehead atoms. The molecule has 1 amide bonds. The Morgan fingerprint density at radius 2 is 1.90 bits per heavy atom. The molecule has 2 aromatic carbocycles. The molecule has 2 N–H and O–H groups in total. The first-order valence-electron chi connectivity index (χ1n) is 9.63. The summed E-state index contributed by atoms with van der Waals surface area (Å²) in [7, 11) is 0. The quantitative estimate of drug-likeness (QED) is 0.659. The van der Waals surface area contributed by atoms with Crippen molar-refractivity contribution in [3.8, 4) is 11.3 Å². The van der Waals surface area contributed by atoms with Gasteiger partial charge < -0.3 is 10.2 Å². The lowest BCUT2D eigenvalue weighted by atomic mass is 10.0. The molecule has 0 aliphatic carbocycles. The number of nitrogens with zero attached hydrogens (tertiary/aromatic N) is 2. The number of aryl methyl sites for hydroxylation is 1. The molecule has 1 aromatic heterocycles. The lowest BCUT2D eigenvalue weighted by Gasteiger charge is -2.32. The van der Waals surface area contributed by atoms with Gasteiger partial charge in [-0.2, -0.15) is 5.10 Å². The van der Waals surface area contributed by atoms with Crippen molar-refractivity contribution in [2.45, 2.75) is 25.8 Å². The van der Waals surface area contributed by atoms with Crippen LogP contribution in [-0.4, -0.2) is 35.2 Å². The summed E-state index contributed by atoms with van der Waals surface area (Å²) in [5.74, 6) is 0.301. The predicted molar refractivity (Wildman–Crippen MR) is 113 cm³/mol. The number of H-pyrrole nitrogens is 1. The van der Waals surface area contributed by atoms with Crippen LogP contribution in [0.2, 0.25) is 5.02 Å². The number of halogens is 2. The smallest absolute Gasteiger partial charge is 0.251 e. The van der Waals surface area contributed by atoms with E-state index in [-0.39, 0.29) is 17.8 Å². The fourth-order valence-corrected chi connectivity index (χ4v) is 3.63. The highest BCUT2D eigenvalue weighted by molar-refractivity contribution is 6.30. The molecule has 1 saturated heterocycles. The van der Waals surface area contributed by atoms with E-state index in [0.29, 0.717) is 16.1 Å². The molecule has 2 heterocycles. The van der Waals surface area contributed by atoms with E-state index >= 15 is 0 Å². The average Bonchev–Trinajstić information content (AvgIpc) is 3.21. The molecule has 0 unspecified atom stereocenters. The van der Waals surface area contributed by atoms with Crippen molar-refractivity contribution < 1.29 is 9.18 Å². The van der Waals surface area contributed by atoms with E-state index < -0.39 is 0 Å². The number of carbonyl (C=O) groups excluding carboxylic acids is 1. The van der Waals surface area contributed by atoms with Gasteiger partial charge in [0.25, 0.3) is 5.91 Å². The van der Waals surface area contributed by atoms with Crippen molar-refractivity contribution in [3.63, 3.8) is 0 Å². The minimum absolute atomic E-state index is 0.0674. The van der Waals surface area contributed by atoms with E-state index in [9.17, 15) is 9.18 Å². The van der Waals surface area contributed by atoms with Gasteiger partial charge in [-0.3, -0.25) is 9.89 Å². The van der Waals surface area contributed by atoms with Gasteiger partial charge in [-0.25, -0.2) is 4.39 Å². The molecule has 150 valence electrons. The fraction of sp³-hybridized carbons (Fsp3) is 0.273. The summed E-state index contributed by atoms with van der Waals surface area (Å²) < 4.78 is 13.7. The van der Waals surface area contributed by atoms with E-state index in [1.807, 2.05) is 30.3 Å². The summed E-state index contributed by atoms with van der Waals surface area (Å²) in [6.07, 6.45) is 1.62. The third-order valence-corrected chi connectivity index (χ3v) is 5.56. The van der Waals surface area contributed by atoms with Gasteiger partial charge in [0, 0.05) is 35.8 Å². The normalized spacial score (nSPS) is 14.8. The van der Waals surface area contributed by atoms with Crippen molar-refractivity contribution >= 4 is 23.3 Å². The van der Waals surface area contributed by atoms with E-state index in [0.717, 1.165) is 43.0 Å². The number of benzene rings is 2. The summed E-state index contributed by atoms with van der Waals surface area (Å²) in [5.41, 5.74) is 2.86.